The smallest absolute Gasteiger partial charge is 0.244 e. The largest absolute Gasteiger partial charge is 0.461 e. The Hall–Kier alpha value is -2.73. The summed E-state index contributed by atoms with van der Waals surface area (Å²) in [6.45, 7) is 4.37. The van der Waals surface area contributed by atoms with Gasteiger partial charge in [-0.05, 0) is 61.1 Å². The van der Waals surface area contributed by atoms with Crippen molar-refractivity contribution in [2.75, 3.05) is 26.6 Å². The van der Waals surface area contributed by atoms with Crippen LogP contribution in [0.15, 0.2) is 40.8 Å². The Morgan fingerprint density at radius 2 is 1.97 bits per heavy atom. The third kappa shape index (κ3) is 3.84. The van der Waals surface area contributed by atoms with Gasteiger partial charge in [0.1, 0.15) is 11.5 Å². The Morgan fingerprint density at radius 3 is 2.77 bits per heavy atom. The number of benzene rings is 1. The normalized spacial score (nSPS) is 24.2. The maximum absolute atomic E-state index is 12.5. The summed E-state index contributed by atoms with van der Waals surface area (Å²) in [5.74, 6) is 4.38. The van der Waals surface area contributed by atoms with E-state index in [1.807, 2.05) is 24.3 Å². The average molecular weight is 409 g/mol. The van der Waals surface area contributed by atoms with Crippen LogP contribution in [0, 0.1) is 5.92 Å². The van der Waals surface area contributed by atoms with Crippen LogP contribution in [0.4, 0.5) is 0 Å². The maximum atomic E-state index is 12.5. The lowest BCUT2D eigenvalue weighted by molar-refractivity contribution is -0.116. The molecule has 0 radical (unpaired) electrons. The molecule has 5 rings (SSSR count). The van der Waals surface area contributed by atoms with Crippen LogP contribution >= 0.6 is 0 Å². The molecule has 1 N–H and O–H groups in total. The number of hydrogen-bond acceptors (Lipinski definition) is 5. The van der Waals surface area contributed by atoms with Crippen LogP contribution < -0.4 is 14.8 Å². The van der Waals surface area contributed by atoms with Crippen molar-refractivity contribution in [1.29, 1.82) is 0 Å². The van der Waals surface area contributed by atoms with Crippen molar-refractivity contribution >= 4 is 12.0 Å². The number of hydrogen-bond donors (Lipinski definition) is 1. The van der Waals surface area contributed by atoms with Crippen molar-refractivity contribution in [2.45, 2.75) is 37.5 Å². The lowest BCUT2D eigenvalue weighted by Crippen LogP contribution is -2.44. The molecule has 1 aliphatic carbocycles. The highest BCUT2D eigenvalue weighted by atomic mass is 16.7. The third-order valence-corrected chi connectivity index (χ3v) is 6.56. The van der Waals surface area contributed by atoms with E-state index >= 15 is 0 Å². The van der Waals surface area contributed by atoms with E-state index in [2.05, 4.69) is 18.3 Å². The second-order valence-electron chi connectivity index (χ2n) is 8.57. The number of carbonyl (C=O) groups excluding carboxylic acids is 1. The first kappa shape index (κ1) is 19.2. The summed E-state index contributed by atoms with van der Waals surface area (Å²) < 4.78 is 22.4. The first-order chi connectivity index (χ1) is 14.6. The van der Waals surface area contributed by atoms with Gasteiger partial charge in [-0.15, -0.1) is 0 Å². The summed E-state index contributed by atoms with van der Waals surface area (Å²) in [5.41, 5.74) is 0.969. The molecule has 0 spiro atoms. The van der Waals surface area contributed by atoms with E-state index in [4.69, 9.17) is 18.6 Å². The number of rotatable bonds is 6. The Kier molecular flexibility index (Phi) is 5.03. The quantitative estimate of drug-likeness (QED) is 0.730. The molecule has 0 bridgehead atoms. The van der Waals surface area contributed by atoms with Gasteiger partial charge >= 0.3 is 0 Å². The molecule has 2 fully saturated rings. The van der Waals surface area contributed by atoms with Gasteiger partial charge < -0.3 is 23.9 Å². The van der Waals surface area contributed by atoms with Gasteiger partial charge in [0.15, 0.2) is 11.5 Å². The van der Waals surface area contributed by atoms with Crippen LogP contribution in [0.25, 0.3) is 6.08 Å². The number of carbonyl (C=O) groups is 1. The lowest BCUT2D eigenvalue weighted by atomic mass is 9.74. The molecule has 158 valence electrons. The van der Waals surface area contributed by atoms with Gasteiger partial charge in [0.25, 0.3) is 0 Å². The second kappa shape index (κ2) is 7.84. The first-order valence-corrected chi connectivity index (χ1v) is 10.7. The maximum Gasteiger partial charge on any atom is 0.244 e. The van der Waals surface area contributed by atoms with Crippen LogP contribution in [0.5, 0.6) is 11.5 Å². The number of nitrogens with one attached hydrogen (secondary N) is 1. The van der Waals surface area contributed by atoms with E-state index in [0.29, 0.717) is 31.6 Å². The zero-order valence-electron chi connectivity index (χ0n) is 17.2. The molecule has 1 aromatic heterocycles. The monoisotopic (exact) mass is 409 g/mol. The van der Waals surface area contributed by atoms with E-state index in [1.165, 1.54) is 6.42 Å². The lowest BCUT2D eigenvalue weighted by Gasteiger charge is -2.38. The van der Waals surface area contributed by atoms with E-state index < -0.39 is 0 Å². The summed E-state index contributed by atoms with van der Waals surface area (Å²) in [6.07, 6.45) is 6.16. The number of furan rings is 1. The van der Waals surface area contributed by atoms with Crippen LogP contribution in [0.3, 0.4) is 0 Å². The Labute approximate surface area is 176 Å². The summed E-state index contributed by atoms with van der Waals surface area (Å²) in [6, 6.07) is 10.0. The van der Waals surface area contributed by atoms with Crippen LogP contribution in [-0.4, -0.2) is 32.5 Å². The first-order valence-electron chi connectivity index (χ1n) is 10.7. The minimum absolute atomic E-state index is 0.126. The highest BCUT2D eigenvalue weighted by molar-refractivity contribution is 5.91. The van der Waals surface area contributed by atoms with Gasteiger partial charge in [-0.25, -0.2) is 0 Å². The van der Waals surface area contributed by atoms with Crippen LogP contribution in [0.2, 0.25) is 0 Å². The van der Waals surface area contributed by atoms with E-state index in [1.54, 1.807) is 12.2 Å². The Balaban J connectivity index is 1.25. The minimum atomic E-state index is -0.178. The molecule has 1 amide bonds. The third-order valence-electron chi connectivity index (χ3n) is 6.56. The van der Waals surface area contributed by atoms with E-state index in [9.17, 15) is 4.79 Å². The molecule has 2 atom stereocenters. The van der Waals surface area contributed by atoms with E-state index in [-0.39, 0.29) is 18.1 Å². The Bertz CT molecular complexity index is 956. The zero-order chi connectivity index (χ0) is 20.6. The highest BCUT2D eigenvalue weighted by Crippen LogP contribution is 2.47. The van der Waals surface area contributed by atoms with Gasteiger partial charge in [-0.3, -0.25) is 4.79 Å². The number of amides is 1. The minimum Gasteiger partial charge on any atom is -0.461 e. The molecule has 2 unspecified atom stereocenters. The van der Waals surface area contributed by atoms with Gasteiger partial charge in [0.2, 0.25) is 12.7 Å². The number of ether oxygens (including phenoxy) is 3. The average Bonchev–Trinajstić information content (AvgIpc) is 3.16. The molecule has 3 heterocycles. The molecule has 3 aliphatic rings. The predicted molar refractivity (Wildman–Crippen MR) is 112 cm³/mol. The fourth-order valence-corrected chi connectivity index (χ4v) is 4.40. The van der Waals surface area contributed by atoms with Gasteiger partial charge in [-0.2, -0.15) is 0 Å². The van der Waals surface area contributed by atoms with Crippen molar-refractivity contribution in [3.63, 3.8) is 0 Å². The molecular formula is C24H27NO5. The summed E-state index contributed by atoms with van der Waals surface area (Å²) in [7, 11) is 0. The topological polar surface area (TPSA) is 69.9 Å². The zero-order valence-corrected chi connectivity index (χ0v) is 17.2. The molecule has 1 saturated heterocycles. The summed E-state index contributed by atoms with van der Waals surface area (Å²) >= 11 is 0. The predicted octanol–water partition coefficient (Wildman–Crippen LogP) is 4.01. The van der Waals surface area contributed by atoms with Crippen molar-refractivity contribution in [2.24, 2.45) is 5.92 Å². The molecule has 2 aromatic rings. The Morgan fingerprint density at radius 1 is 1.17 bits per heavy atom. The molecule has 6 heteroatoms. The van der Waals surface area contributed by atoms with Crippen molar-refractivity contribution < 1.29 is 23.4 Å². The van der Waals surface area contributed by atoms with Crippen molar-refractivity contribution in [3.8, 4) is 11.5 Å². The fourth-order valence-electron chi connectivity index (χ4n) is 4.40. The molecular weight excluding hydrogens is 382 g/mol. The molecule has 1 saturated carbocycles. The second-order valence-corrected chi connectivity index (χ2v) is 8.57. The van der Waals surface area contributed by atoms with Gasteiger partial charge in [0.05, 0.1) is 0 Å². The summed E-state index contributed by atoms with van der Waals surface area (Å²) in [5, 5.41) is 3.08. The molecule has 6 nitrogen and oxygen atoms in total. The van der Waals surface area contributed by atoms with Crippen molar-refractivity contribution in [1.82, 2.24) is 5.32 Å². The van der Waals surface area contributed by atoms with Gasteiger partial charge in [-0.1, -0.05) is 13.0 Å². The van der Waals surface area contributed by atoms with Crippen molar-refractivity contribution in [3.05, 3.63) is 53.5 Å². The molecule has 30 heavy (non-hydrogen) atoms. The fraction of sp³-hybridized carbons (Fsp3) is 0.458. The molecule has 2 aliphatic heterocycles. The van der Waals surface area contributed by atoms with E-state index in [0.717, 1.165) is 41.4 Å². The highest BCUT2D eigenvalue weighted by Gasteiger charge is 2.37. The molecule has 1 aromatic carbocycles. The standard InChI is InChI=1S/C24H27NO5/c1-16-12-19(16)20-6-3-18(30-20)4-7-23(26)25-14-24(8-10-27-11-9-24)17-2-5-21-22(13-17)29-15-28-21/h2-7,13,16,19H,8-12,14-15H2,1H3,(H,25,26)/b7-4+. The summed E-state index contributed by atoms with van der Waals surface area (Å²) in [4.78, 5) is 12.5. The number of fused-ring (bicyclic) bond motifs is 1. The van der Waals surface area contributed by atoms with Crippen LogP contribution in [0.1, 0.15) is 49.2 Å². The van der Waals surface area contributed by atoms with Crippen LogP contribution in [-0.2, 0) is 14.9 Å². The SMILES string of the molecule is CC1CC1c1ccc(/C=C/C(=O)NCC2(c3ccc4c(c3)OCO4)CCOCC2)o1. The van der Waals surface area contributed by atoms with Gasteiger partial charge in [0, 0.05) is 37.2 Å².